The number of hydrogen-bond acceptors (Lipinski definition) is 3. The van der Waals surface area contributed by atoms with Gasteiger partial charge in [-0.15, -0.1) is 0 Å². The molecule has 86 valence electrons. The van der Waals surface area contributed by atoms with Crippen molar-refractivity contribution in [2.24, 2.45) is 5.16 Å². The lowest BCUT2D eigenvalue weighted by atomic mass is 10.2. The van der Waals surface area contributed by atoms with Crippen LogP contribution in [0.5, 0.6) is 11.5 Å². The highest BCUT2D eigenvalue weighted by Crippen LogP contribution is 2.21. The topological polar surface area (TPSA) is 41.8 Å². The molecule has 0 aromatic heterocycles. The van der Waals surface area contributed by atoms with E-state index >= 15 is 0 Å². The molecule has 0 atom stereocenters. The number of ether oxygens (including phenoxy) is 1. The molecule has 0 aliphatic heterocycles. The van der Waals surface area contributed by atoms with Gasteiger partial charge in [0.25, 0.3) is 0 Å². The van der Waals surface area contributed by atoms with E-state index in [2.05, 4.69) is 5.16 Å². The highest BCUT2D eigenvalue weighted by molar-refractivity contribution is 5.79. The number of rotatable bonds is 3. The zero-order chi connectivity index (χ0) is 12.1. The van der Waals surface area contributed by atoms with Crippen LogP contribution in [0.3, 0.4) is 0 Å². The highest BCUT2D eigenvalue weighted by atomic mass is 19.1. The van der Waals surface area contributed by atoms with E-state index in [0.717, 1.165) is 0 Å². The molecule has 0 saturated carbocycles. The van der Waals surface area contributed by atoms with Crippen molar-refractivity contribution in [3.63, 3.8) is 0 Å². The predicted octanol–water partition coefficient (Wildman–Crippen LogP) is 3.43. The third-order valence-corrected chi connectivity index (χ3v) is 2.11. The van der Waals surface area contributed by atoms with Crippen LogP contribution < -0.4 is 4.74 Å². The number of hydrogen-bond donors (Lipinski definition) is 1. The minimum atomic E-state index is -0.307. The van der Waals surface area contributed by atoms with Gasteiger partial charge in [0.2, 0.25) is 0 Å². The normalized spacial score (nSPS) is 10.6. The molecule has 0 bridgehead atoms. The minimum absolute atomic E-state index is 0.307. The van der Waals surface area contributed by atoms with Crippen LogP contribution in [0.1, 0.15) is 5.56 Å². The summed E-state index contributed by atoms with van der Waals surface area (Å²) < 4.78 is 18.2. The number of oxime groups is 1. The van der Waals surface area contributed by atoms with Gasteiger partial charge in [0.15, 0.2) is 0 Å². The second-order valence-corrected chi connectivity index (χ2v) is 3.37. The summed E-state index contributed by atoms with van der Waals surface area (Å²) in [5.74, 6) is 0.831. The second kappa shape index (κ2) is 5.12. The lowest BCUT2D eigenvalue weighted by Gasteiger charge is -2.05. The van der Waals surface area contributed by atoms with E-state index in [1.54, 1.807) is 36.4 Å². The molecule has 0 fully saturated rings. The first kappa shape index (κ1) is 11.1. The first-order valence-corrected chi connectivity index (χ1v) is 4.99. The van der Waals surface area contributed by atoms with Gasteiger partial charge in [-0.2, -0.15) is 0 Å². The van der Waals surface area contributed by atoms with E-state index in [4.69, 9.17) is 9.94 Å². The Bertz CT molecular complexity index is 523. The molecule has 0 radical (unpaired) electrons. The second-order valence-electron chi connectivity index (χ2n) is 3.37. The molecule has 0 amide bonds. The summed E-state index contributed by atoms with van der Waals surface area (Å²) in [7, 11) is 0. The van der Waals surface area contributed by atoms with Crippen LogP contribution in [0.4, 0.5) is 4.39 Å². The average Bonchev–Trinajstić information content (AvgIpc) is 2.33. The van der Waals surface area contributed by atoms with E-state index in [9.17, 15) is 4.39 Å². The molecular weight excluding hydrogens is 221 g/mol. The van der Waals surface area contributed by atoms with Gasteiger partial charge in [-0.3, -0.25) is 0 Å². The maximum atomic E-state index is 12.7. The lowest BCUT2D eigenvalue weighted by molar-refractivity contribution is 0.322. The molecule has 0 aliphatic rings. The average molecular weight is 231 g/mol. The molecule has 2 aromatic carbocycles. The molecule has 2 aromatic rings. The van der Waals surface area contributed by atoms with E-state index < -0.39 is 0 Å². The van der Waals surface area contributed by atoms with Gasteiger partial charge in [0.1, 0.15) is 17.3 Å². The van der Waals surface area contributed by atoms with Crippen LogP contribution in [0.15, 0.2) is 53.7 Å². The van der Waals surface area contributed by atoms with E-state index in [1.807, 2.05) is 0 Å². The first-order valence-electron chi connectivity index (χ1n) is 4.99. The van der Waals surface area contributed by atoms with Crippen LogP contribution in [0.2, 0.25) is 0 Å². The Morgan fingerprint density at radius 2 is 1.82 bits per heavy atom. The number of benzene rings is 2. The zero-order valence-electron chi connectivity index (χ0n) is 8.88. The van der Waals surface area contributed by atoms with Crippen molar-refractivity contribution >= 4 is 6.21 Å². The molecule has 4 heteroatoms. The summed E-state index contributed by atoms with van der Waals surface area (Å²) in [5.41, 5.74) is 0.715. The largest absolute Gasteiger partial charge is 0.457 e. The Morgan fingerprint density at radius 3 is 2.53 bits per heavy atom. The Balaban J connectivity index is 2.18. The van der Waals surface area contributed by atoms with Gasteiger partial charge in [-0.25, -0.2) is 4.39 Å². The quantitative estimate of drug-likeness (QED) is 0.499. The smallest absolute Gasteiger partial charge is 0.128 e. The van der Waals surface area contributed by atoms with Crippen molar-refractivity contribution in [3.05, 3.63) is 59.9 Å². The van der Waals surface area contributed by atoms with Crippen molar-refractivity contribution in [2.75, 3.05) is 0 Å². The van der Waals surface area contributed by atoms with Gasteiger partial charge in [-0.05, 0) is 42.0 Å². The highest BCUT2D eigenvalue weighted by Gasteiger charge is 1.98. The zero-order valence-corrected chi connectivity index (χ0v) is 8.88. The van der Waals surface area contributed by atoms with Crippen LogP contribution in [0.25, 0.3) is 0 Å². The monoisotopic (exact) mass is 231 g/mol. The maximum Gasteiger partial charge on any atom is 0.128 e. The SMILES string of the molecule is O/N=C/c1cccc(Oc2ccc(F)cc2)c1. The molecule has 2 rings (SSSR count). The molecule has 3 nitrogen and oxygen atoms in total. The maximum absolute atomic E-state index is 12.7. The predicted molar refractivity (Wildman–Crippen MR) is 62.3 cm³/mol. The fourth-order valence-corrected chi connectivity index (χ4v) is 1.36. The molecule has 17 heavy (non-hydrogen) atoms. The van der Waals surface area contributed by atoms with Crippen molar-refractivity contribution in [1.29, 1.82) is 0 Å². The molecule has 0 unspecified atom stereocenters. The molecule has 0 spiro atoms. The minimum Gasteiger partial charge on any atom is -0.457 e. The van der Waals surface area contributed by atoms with E-state index in [-0.39, 0.29) is 5.82 Å². The fourth-order valence-electron chi connectivity index (χ4n) is 1.36. The summed E-state index contributed by atoms with van der Waals surface area (Å²) >= 11 is 0. The van der Waals surface area contributed by atoms with Crippen molar-refractivity contribution in [1.82, 2.24) is 0 Å². The molecule has 0 heterocycles. The Labute approximate surface area is 97.8 Å². The van der Waals surface area contributed by atoms with Crippen molar-refractivity contribution < 1.29 is 14.3 Å². The molecule has 1 N–H and O–H groups in total. The molecular formula is C13H10FNO2. The van der Waals surface area contributed by atoms with E-state index in [0.29, 0.717) is 17.1 Å². The first-order chi connectivity index (χ1) is 8.28. The fraction of sp³-hybridized carbons (Fsp3) is 0. The summed E-state index contributed by atoms with van der Waals surface area (Å²) in [6.45, 7) is 0. The van der Waals surface area contributed by atoms with Crippen molar-refractivity contribution in [2.45, 2.75) is 0 Å². The third-order valence-electron chi connectivity index (χ3n) is 2.11. The van der Waals surface area contributed by atoms with Crippen LogP contribution in [-0.4, -0.2) is 11.4 Å². The number of nitrogens with zero attached hydrogens (tertiary/aromatic N) is 1. The van der Waals surface area contributed by atoms with Gasteiger partial charge >= 0.3 is 0 Å². The standard InChI is InChI=1S/C13H10FNO2/c14-11-4-6-12(7-5-11)17-13-3-1-2-10(8-13)9-15-16/h1-9,16H/b15-9+. The summed E-state index contributed by atoms with van der Waals surface area (Å²) in [4.78, 5) is 0. The van der Waals surface area contributed by atoms with E-state index in [1.165, 1.54) is 18.3 Å². The number of halogens is 1. The van der Waals surface area contributed by atoms with Crippen LogP contribution in [-0.2, 0) is 0 Å². The molecule has 0 saturated heterocycles. The Morgan fingerprint density at radius 1 is 1.06 bits per heavy atom. The van der Waals surface area contributed by atoms with Gasteiger partial charge in [0.05, 0.1) is 6.21 Å². The Hall–Kier alpha value is -2.36. The Kier molecular flexibility index (Phi) is 3.35. The van der Waals surface area contributed by atoms with Gasteiger partial charge < -0.3 is 9.94 Å². The van der Waals surface area contributed by atoms with Crippen LogP contribution >= 0.6 is 0 Å². The summed E-state index contributed by atoms with van der Waals surface area (Å²) in [5, 5.41) is 11.4. The lowest BCUT2D eigenvalue weighted by Crippen LogP contribution is -1.87. The van der Waals surface area contributed by atoms with Gasteiger partial charge in [-0.1, -0.05) is 17.3 Å². The summed E-state index contributed by atoms with van der Waals surface area (Å²) in [6.07, 6.45) is 1.30. The third kappa shape index (κ3) is 3.04. The molecule has 0 aliphatic carbocycles. The summed E-state index contributed by atoms with van der Waals surface area (Å²) in [6, 6.07) is 12.8. The van der Waals surface area contributed by atoms with Crippen molar-refractivity contribution in [3.8, 4) is 11.5 Å². The van der Waals surface area contributed by atoms with Crippen LogP contribution in [0, 0.1) is 5.82 Å². The van der Waals surface area contributed by atoms with Gasteiger partial charge in [0, 0.05) is 0 Å².